The number of guanidine groups is 1. The summed E-state index contributed by atoms with van der Waals surface area (Å²) in [5.74, 6) is 1.76. The summed E-state index contributed by atoms with van der Waals surface area (Å²) < 4.78 is 5.60. The van der Waals surface area contributed by atoms with E-state index in [2.05, 4.69) is 26.7 Å². The number of ether oxygens (including phenoxy) is 1. The zero-order valence-corrected chi connectivity index (χ0v) is 13.1. The molecule has 2 N–H and O–H groups in total. The summed E-state index contributed by atoms with van der Waals surface area (Å²) in [5.41, 5.74) is 1.14. The van der Waals surface area contributed by atoms with Crippen LogP contribution in [0, 0.1) is 0 Å². The third-order valence-electron chi connectivity index (χ3n) is 3.48. The van der Waals surface area contributed by atoms with Crippen molar-refractivity contribution in [3.05, 3.63) is 23.9 Å². The Morgan fingerprint density at radius 3 is 3.00 bits per heavy atom. The van der Waals surface area contributed by atoms with Gasteiger partial charge in [0, 0.05) is 52.6 Å². The van der Waals surface area contributed by atoms with Gasteiger partial charge in [-0.3, -0.25) is 4.99 Å². The molecule has 21 heavy (non-hydrogen) atoms. The van der Waals surface area contributed by atoms with E-state index in [-0.39, 0.29) is 0 Å². The molecule has 2 rings (SSSR count). The van der Waals surface area contributed by atoms with Crippen molar-refractivity contribution in [2.45, 2.75) is 25.5 Å². The molecule has 0 spiro atoms. The molecule has 116 valence electrons. The maximum Gasteiger partial charge on any atom is 0.191 e. The topological polar surface area (TPSA) is 61.8 Å². The van der Waals surface area contributed by atoms with Crippen LogP contribution in [-0.4, -0.2) is 51.3 Å². The van der Waals surface area contributed by atoms with Crippen molar-refractivity contribution in [3.8, 4) is 0 Å². The minimum absolute atomic E-state index is 0.305. The summed E-state index contributed by atoms with van der Waals surface area (Å²) >= 11 is 0. The summed E-state index contributed by atoms with van der Waals surface area (Å²) in [5, 5.41) is 6.63. The van der Waals surface area contributed by atoms with E-state index in [4.69, 9.17) is 4.74 Å². The molecule has 6 heteroatoms. The monoisotopic (exact) mass is 291 g/mol. The van der Waals surface area contributed by atoms with E-state index in [0.717, 1.165) is 43.3 Å². The first-order chi connectivity index (χ1) is 10.2. The van der Waals surface area contributed by atoms with Gasteiger partial charge in [-0.15, -0.1) is 0 Å². The van der Waals surface area contributed by atoms with Crippen molar-refractivity contribution in [2.75, 3.05) is 39.2 Å². The smallest absolute Gasteiger partial charge is 0.191 e. The Hall–Kier alpha value is -1.82. The van der Waals surface area contributed by atoms with E-state index in [9.17, 15) is 0 Å². The van der Waals surface area contributed by atoms with Gasteiger partial charge in [0.1, 0.15) is 5.82 Å². The Kier molecular flexibility index (Phi) is 5.80. The van der Waals surface area contributed by atoms with Gasteiger partial charge in [-0.25, -0.2) is 4.98 Å². The Morgan fingerprint density at radius 2 is 2.33 bits per heavy atom. The molecule has 2 heterocycles. The molecule has 0 radical (unpaired) electrons. The lowest BCUT2D eigenvalue weighted by atomic mass is 10.2. The van der Waals surface area contributed by atoms with Gasteiger partial charge >= 0.3 is 0 Å². The van der Waals surface area contributed by atoms with Crippen LogP contribution in [0.2, 0.25) is 0 Å². The number of rotatable bonds is 5. The van der Waals surface area contributed by atoms with Crippen LogP contribution in [0.1, 0.15) is 18.4 Å². The van der Waals surface area contributed by atoms with Crippen molar-refractivity contribution in [2.24, 2.45) is 4.99 Å². The van der Waals surface area contributed by atoms with Gasteiger partial charge in [-0.05, 0) is 18.9 Å². The van der Waals surface area contributed by atoms with Gasteiger partial charge in [0.25, 0.3) is 0 Å². The molecule has 1 fully saturated rings. The number of nitrogens with zero attached hydrogens (tertiary/aromatic N) is 3. The van der Waals surface area contributed by atoms with Crippen LogP contribution in [0.25, 0.3) is 0 Å². The number of aliphatic imine (C=N–C) groups is 1. The van der Waals surface area contributed by atoms with Crippen LogP contribution in [0.4, 0.5) is 5.82 Å². The molecular formula is C15H25N5O. The van der Waals surface area contributed by atoms with Crippen molar-refractivity contribution in [1.29, 1.82) is 0 Å². The standard InChI is InChI=1S/C15H25N5O/c1-16-15(19-11-13-7-5-9-21-13)18-10-12-6-4-8-17-14(12)20(2)3/h4,6,8,13H,5,7,9-11H2,1-3H3,(H2,16,18,19). The predicted octanol–water partition coefficient (Wildman–Crippen LogP) is 0.992. The van der Waals surface area contributed by atoms with Crippen molar-refractivity contribution in [3.63, 3.8) is 0 Å². The first-order valence-corrected chi connectivity index (χ1v) is 7.38. The number of nitrogens with one attached hydrogen (secondary N) is 2. The highest BCUT2D eigenvalue weighted by Crippen LogP contribution is 2.14. The molecule has 0 saturated carbocycles. The Bertz CT molecular complexity index is 469. The van der Waals surface area contributed by atoms with Gasteiger partial charge in [0.15, 0.2) is 5.96 Å². The van der Waals surface area contributed by atoms with E-state index in [1.807, 2.05) is 31.3 Å². The maximum absolute atomic E-state index is 5.60. The number of anilines is 1. The molecule has 6 nitrogen and oxygen atoms in total. The van der Waals surface area contributed by atoms with Crippen LogP contribution in [0.5, 0.6) is 0 Å². The molecule has 1 aromatic heterocycles. The molecule has 1 unspecified atom stereocenters. The third-order valence-corrected chi connectivity index (χ3v) is 3.48. The van der Waals surface area contributed by atoms with Gasteiger partial charge in [-0.2, -0.15) is 0 Å². The molecule has 0 aliphatic carbocycles. The summed E-state index contributed by atoms with van der Waals surface area (Å²) in [6.45, 7) is 2.36. The zero-order valence-electron chi connectivity index (χ0n) is 13.1. The third kappa shape index (κ3) is 4.60. The summed E-state index contributed by atoms with van der Waals surface area (Å²) in [7, 11) is 5.77. The normalized spacial score (nSPS) is 18.6. The molecule has 1 aliphatic heterocycles. The molecule has 1 atom stereocenters. The van der Waals surface area contributed by atoms with E-state index < -0.39 is 0 Å². The van der Waals surface area contributed by atoms with Crippen LogP contribution >= 0.6 is 0 Å². The maximum atomic E-state index is 5.60. The second-order valence-corrected chi connectivity index (χ2v) is 5.32. The first kappa shape index (κ1) is 15.6. The van der Waals surface area contributed by atoms with Gasteiger partial charge in [0.05, 0.1) is 6.10 Å². The Balaban J connectivity index is 1.85. The highest BCUT2D eigenvalue weighted by molar-refractivity contribution is 5.79. The average Bonchev–Trinajstić information content (AvgIpc) is 3.01. The second-order valence-electron chi connectivity index (χ2n) is 5.32. The summed E-state index contributed by atoms with van der Waals surface area (Å²) in [6.07, 6.45) is 4.39. The fourth-order valence-electron chi connectivity index (χ4n) is 2.39. The van der Waals surface area contributed by atoms with E-state index in [1.165, 1.54) is 0 Å². The van der Waals surface area contributed by atoms with Gasteiger partial charge < -0.3 is 20.3 Å². The minimum Gasteiger partial charge on any atom is -0.376 e. The summed E-state index contributed by atoms with van der Waals surface area (Å²) in [6, 6.07) is 4.02. The number of hydrogen-bond acceptors (Lipinski definition) is 4. The predicted molar refractivity (Wildman–Crippen MR) is 85.7 cm³/mol. The second kappa shape index (κ2) is 7.83. The number of aromatic nitrogens is 1. The molecule has 1 saturated heterocycles. The molecule has 1 aromatic rings. The Labute approximate surface area is 126 Å². The number of pyridine rings is 1. The highest BCUT2D eigenvalue weighted by Gasteiger charge is 2.15. The fourth-order valence-corrected chi connectivity index (χ4v) is 2.39. The zero-order chi connectivity index (χ0) is 15.1. The van der Waals surface area contributed by atoms with Crippen LogP contribution < -0.4 is 15.5 Å². The van der Waals surface area contributed by atoms with E-state index in [1.54, 1.807) is 7.05 Å². The molecule has 0 aromatic carbocycles. The SMILES string of the molecule is CN=C(NCc1cccnc1N(C)C)NCC1CCCO1. The van der Waals surface area contributed by atoms with Crippen LogP contribution in [-0.2, 0) is 11.3 Å². The van der Waals surface area contributed by atoms with Crippen LogP contribution in [0.3, 0.4) is 0 Å². The lowest BCUT2D eigenvalue weighted by Crippen LogP contribution is -2.40. The lowest BCUT2D eigenvalue weighted by Gasteiger charge is -2.18. The first-order valence-electron chi connectivity index (χ1n) is 7.38. The largest absolute Gasteiger partial charge is 0.376 e. The minimum atomic E-state index is 0.305. The fraction of sp³-hybridized carbons (Fsp3) is 0.600. The number of hydrogen-bond donors (Lipinski definition) is 2. The molecule has 0 bridgehead atoms. The molecule has 1 aliphatic rings. The highest BCUT2D eigenvalue weighted by atomic mass is 16.5. The lowest BCUT2D eigenvalue weighted by molar-refractivity contribution is 0.114. The average molecular weight is 291 g/mol. The van der Waals surface area contributed by atoms with Crippen molar-refractivity contribution in [1.82, 2.24) is 15.6 Å². The van der Waals surface area contributed by atoms with Crippen molar-refractivity contribution < 1.29 is 4.74 Å². The summed E-state index contributed by atoms with van der Waals surface area (Å²) in [4.78, 5) is 10.7. The molecular weight excluding hydrogens is 266 g/mol. The van der Waals surface area contributed by atoms with Gasteiger partial charge in [0.2, 0.25) is 0 Å². The van der Waals surface area contributed by atoms with Gasteiger partial charge in [-0.1, -0.05) is 6.07 Å². The van der Waals surface area contributed by atoms with Crippen LogP contribution in [0.15, 0.2) is 23.3 Å². The molecule has 0 amide bonds. The van der Waals surface area contributed by atoms with E-state index in [0.29, 0.717) is 12.6 Å². The van der Waals surface area contributed by atoms with E-state index >= 15 is 0 Å². The van der Waals surface area contributed by atoms with Crippen molar-refractivity contribution >= 4 is 11.8 Å². The quantitative estimate of drug-likeness (QED) is 0.626. The Morgan fingerprint density at radius 1 is 1.48 bits per heavy atom.